The van der Waals surface area contributed by atoms with Gasteiger partial charge in [-0.2, -0.15) is 0 Å². The molecule has 0 saturated heterocycles. The Morgan fingerprint density at radius 2 is 2.35 bits per heavy atom. The van der Waals surface area contributed by atoms with E-state index in [1.807, 2.05) is 6.92 Å². The molecule has 1 amide bonds. The second kappa shape index (κ2) is 7.70. The second-order valence-electron chi connectivity index (χ2n) is 3.54. The lowest BCUT2D eigenvalue weighted by Gasteiger charge is -2.06. The maximum absolute atomic E-state index is 11.4. The van der Waals surface area contributed by atoms with Gasteiger partial charge in [-0.15, -0.1) is 0 Å². The van der Waals surface area contributed by atoms with Crippen molar-refractivity contribution in [2.45, 2.75) is 13.5 Å². The highest BCUT2D eigenvalue weighted by atomic mass is 16.5. The fourth-order valence-corrected chi connectivity index (χ4v) is 1.23. The summed E-state index contributed by atoms with van der Waals surface area (Å²) in [6.07, 6.45) is 1.68. The van der Waals surface area contributed by atoms with Gasteiger partial charge in [-0.25, -0.2) is 9.97 Å². The number of aromatic nitrogens is 2. The maximum Gasteiger partial charge on any atom is 0.234 e. The smallest absolute Gasteiger partial charge is 0.234 e. The molecule has 0 fully saturated rings. The minimum Gasteiger partial charge on any atom is -0.383 e. The van der Waals surface area contributed by atoms with E-state index in [1.165, 1.54) is 0 Å². The van der Waals surface area contributed by atoms with Crippen LogP contribution in [0.15, 0.2) is 12.3 Å². The summed E-state index contributed by atoms with van der Waals surface area (Å²) in [5.41, 5.74) is 0.808. The highest BCUT2D eigenvalue weighted by Crippen LogP contribution is 1.93. The SMILES string of the molecule is COCCNCC(=O)NCc1ccnc(C)n1. The molecule has 17 heavy (non-hydrogen) atoms. The van der Waals surface area contributed by atoms with E-state index in [1.54, 1.807) is 19.4 Å². The van der Waals surface area contributed by atoms with Crippen molar-refractivity contribution in [3.63, 3.8) is 0 Å². The van der Waals surface area contributed by atoms with E-state index in [4.69, 9.17) is 4.74 Å². The zero-order chi connectivity index (χ0) is 12.5. The van der Waals surface area contributed by atoms with Crippen LogP contribution in [0.1, 0.15) is 11.5 Å². The topological polar surface area (TPSA) is 76.1 Å². The molecule has 1 aromatic heterocycles. The Bertz CT molecular complexity index is 357. The van der Waals surface area contributed by atoms with Gasteiger partial charge >= 0.3 is 0 Å². The van der Waals surface area contributed by atoms with Crippen LogP contribution in [0.3, 0.4) is 0 Å². The Morgan fingerprint density at radius 1 is 1.53 bits per heavy atom. The van der Waals surface area contributed by atoms with Crippen LogP contribution in [-0.4, -0.2) is 42.7 Å². The van der Waals surface area contributed by atoms with E-state index >= 15 is 0 Å². The number of methoxy groups -OCH3 is 1. The van der Waals surface area contributed by atoms with E-state index in [0.29, 0.717) is 25.5 Å². The van der Waals surface area contributed by atoms with Crippen molar-refractivity contribution in [1.82, 2.24) is 20.6 Å². The first kappa shape index (κ1) is 13.5. The van der Waals surface area contributed by atoms with E-state index in [0.717, 1.165) is 5.69 Å². The quantitative estimate of drug-likeness (QED) is 0.634. The first-order chi connectivity index (χ1) is 8.22. The summed E-state index contributed by atoms with van der Waals surface area (Å²) < 4.78 is 4.85. The van der Waals surface area contributed by atoms with E-state index in [2.05, 4.69) is 20.6 Å². The molecule has 0 radical (unpaired) electrons. The summed E-state index contributed by atoms with van der Waals surface area (Å²) >= 11 is 0. The van der Waals surface area contributed by atoms with Gasteiger partial charge in [0.15, 0.2) is 0 Å². The number of carbonyl (C=O) groups is 1. The van der Waals surface area contributed by atoms with Crippen molar-refractivity contribution in [3.8, 4) is 0 Å². The summed E-state index contributed by atoms with van der Waals surface area (Å²) in [6.45, 7) is 3.79. The minimum absolute atomic E-state index is 0.0580. The summed E-state index contributed by atoms with van der Waals surface area (Å²) in [5.74, 6) is 0.646. The van der Waals surface area contributed by atoms with E-state index in [9.17, 15) is 4.79 Å². The molecule has 0 unspecified atom stereocenters. The van der Waals surface area contributed by atoms with Crippen LogP contribution in [-0.2, 0) is 16.1 Å². The Balaban J connectivity index is 2.19. The molecular formula is C11H18N4O2. The molecule has 1 rings (SSSR count). The Hall–Kier alpha value is -1.53. The van der Waals surface area contributed by atoms with Crippen LogP contribution in [0.4, 0.5) is 0 Å². The molecule has 0 bridgehead atoms. The lowest BCUT2D eigenvalue weighted by molar-refractivity contribution is -0.120. The molecule has 0 atom stereocenters. The lowest BCUT2D eigenvalue weighted by Crippen LogP contribution is -2.35. The monoisotopic (exact) mass is 238 g/mol. The maximum atomic E-state index is 11.4. The molecule has 0 aliphatic heterocycles. The standard InChI is InChI=1S/C11H18N4O2/c1-9-13-4-3-10(15-9)7-14-11(16)8-12-5-6-17-2/h3-4,12H,5-8H2,1-2H3,(H,14,16). The van der Waals surface area contributed by atoms with Crippen LogP contribution in [0, 0.1) is 6.92 Å². The lowest BCUT2D eigenvalue weighted by atomic mass is 10.4. The normalized spacial score (nSPS) is 10.2. The van der Waals surface area contributed by atoms with Crippen molar-refractivity contribution >= 4 is 5.91 Å². The second-order valence-corrected chi connectivity index (χ2v) is 3.54. The number of carbonyl (C=O) groups excluding carboxylic acids is 1. The summed E-state index contributed by atoms with van der Waals surface area (Å²) in [5, 5.41) is 5.73. The molecule has 0 aliphatic carbocycles. The third-order valence-electron chi connectivity index (χ3n) is 2.07. The summed E-state index contributed by atoms with van der Waals surface area (Å²) in [6, 6.07) is 1.78. The molecule has 0 saturated carbocycles. The molecule has 1 aromatic rings. The fraction of sp³-hybridized carbons (Fsp3) is 0.545. The third kappa shape index (κ3) is 5.94. The van der Waals surface area contributed by atoms with Crippen LogP contribution >= 0.6 is 0 Å². The zero-order valence-electron chi connectivity index (χ0n) is 10.2. The van der Waals surface area contributed by atoms with Gasteiger partial charge in [0.05, 0.1) is 25.4 Å². The van der Waals surface area contributed by atoms with Crippen LogP contribution in [0.5, 0.6) is 0 Å². The largest absolute Gasteiger partial charge is 0.383 e. The van der Waals surface area contributed by atoms with Gasteiger partial charge in [0.2, 0.25) is 5.91 Å². The molecule has 6 heteroatoms. The van der Waals surface area contributed by atoms with Gasteiger partial charge in [0.25, 0.3) is 0 Å². The summed E-state index contributed by atoms with van der Waals surface area (Å²) in [7, 11) is 1.62. The number of rotatable bonds is 7. The van der Waals surface area contributed by atoms with Crippen molar-refractivity contribution in [3.05, 3.63) is 23.8 Å². The predicted octanol–water partition coefficient (Wildman–Crippen LogP) is -0.363. The number of amides is 1. The number of nitrogens with one attached hydrogen (secondary N) is 2. The number of hydrogen-bond donors (Lipinski definition) is 2. The Morgan fingerprint density at radius 3 is 3.06 bits per heavy atom. The van der Waals surface area contributed by atoms with Gasteiger partial charge < -0.3 is 15.4 Å². The number of nitrogens with zero attached hydrogens (tertiary/aromatic N) is 2. The highest BCUT2D eigenvalue weighted by Gasteiger charge is 2.01. The first-order valence-electron chi connectivity index (χ1n) is 5.47. The van der Waals surface area contributed by atoms with Crippen molar-refractivity contribution in [2.24, 2.45) is 0 Å². The predicted molar refractivity (Wildman–Crippen MR) is 63.4 cm³/mol. The number of hydrogen-bond acceptors (Lipinski definition) is 5. The molecule has 6 nitrogen and oxygen atoms in total. The summed E-state index contributed by atoms with van der Waals surface area (Å²) in [4.78, 5) is 19.6. The van der Waals surface area contributed by atoms with Crippen LogP contribution < -0.4 is 10.6 Å². The van der Waals surface area contributed by atoms with Gasteiger partial charge in [0.1, 0.15) is 5.82 Å². The van der Waals surface area contributed by atoms with Crippen molar-refractivity contribution in [2.75, 3.05) is 26.8 Å². The molecule has 2 N–H and O–H groups in total. The molecule has 0 aromatic carbocycles. The highest BCUT2D eigenvalue weighted by molar-refractivity contribution is 5.77. The van der Waals surface area contributed by atoms with Crippen molar-refractivity contribution in [1.29, 1.82) is 0 Å². The van der Waals surface area contributed by atoms with E-state index in [-0.39, 0.29) is 12.5 Å². The first-order valence-corrected chi connectivity index (χ1v) is 5.47. The van der Waals surface area contributed by atoms with Gasteiger partial charge in [-0.1, -0.05) is 0 Å². The Labute approximate surface area is 101 Å². The van der Waals surface area contributed by atoms with E-state index < -0.39 is 0 Å². The molecule has 1 heterocycles. The van der Waals surface area contributed by atoms with Gasteiger partial charge in [0, 0.05) is 19.9 Å². The average Bonchev–Trinajstić information content (AvgIpc) is 2.32. The molecule has 0 spiro atoms. The number of ether oxygens (including phenoxy) is 1. The number of aryl methyl sites for hydroxylation is 1. The molecule has 0 aliphatic rings. The Kier molecular flexibility index (Phi) is 6.13. The third-order valence-corrected chi connectivity index (χ3v) is 2.07. The molecule has 94 valence electrons. The van der Waals surface area contributed by atoms with Crippen LogP contribution in [0.25, 0.3) is 0 Å². The van der Waals surface area contributed by atoms with Gasteiger partial charge in [-0.3, -0.25) is 4.79 Å². The average molecular weight is 238 g/mol. The fourth-order valence-electron chi connectivity index (χ4n) is 1.23. The van der Waals surface area contributed by atoms with Crippen LogP contribution in [0.2, 0.25) is 0 Å². The zero-order valence-corrected chi connectivity index (χ0v) is 10.2. The molecular weight excluding hydrogens is 220 g/mol. The van der Waals surface area contributed by atoms with Crippen molar-refractivity contribution < 1.29 is 9.53 Å². The van der Waals surface area contributed by atoms with Gasteiger partial charge in [-0.05, 0) is 13.0 Å². The minimum atomic E-state index is -0.0580.